The fourth-order valence-corrected chi connectivity index (χ4v) is 5.42. The predicted molar refractivity (Wildman–Crippen MR) is 124 cm³/mol. The molecule has 1 atom stereocenters. The van der Waals surface area contributed by atoms with Gasteiger partial charge in [-0.15, -0.1) is 11.3 Å². The second kappa shape index (κ2) is 9.52. The van der Waals surface area contributed by atoms with Crippen LogP contribution in [-0.2, 0) is 16.6 Å². The summed E-state index contributed by atoms with van der Waals surface area (Å²) in [6.07, 6.45) is -0.105. The van der Waals surface area contributed by atoms with Gasteiger partial charge in [0.15, 0.2) is 5.67 Å². The van der Waals surface area contributed by atoms with E-state index in [9.17, 15) is 23.1 Å². The third-order valence-electron chi connectivity index (χ3n) is 6.33. The molecule has 11 heteroatoms. The smallest absolute Gasteiger partial charge is 0.433 e. The van der Waals surface area contributed by atoms with Gasteiger partial charge in [0.2, 0.25) is 5.95 Å². The summed E-state index contributed by atoms with van der Waals surface area (Å²) in [5.41, 5.74) is -0.683. The zero-order chi connectivity index (χ0) is 25.4. The number of alkyl halides is 4. The minimum atomic E-state index is -4.58. The normalized spacial score (nSPS) is 20.3. The lowest BCUT2D eigenvalue weighted by atomic mass is 9.75. The van der Waals surface area contributed by atoms with Crippen molar-refractivity contribution in [3.8, 4) is 10.4 Å². The first-order valence-electron chi connectivity index (χ1n) is 11.1. The van der Waals surface area contributed by atoms with Crippen LogP contribution in [0.3, 0.4) is 0 Å². The van der Waals surface area contributed by atoms with E-state index in [1.54, 1.807) is 18.3 Å². The van der Waals surface area contributed by atoms with Crippen LogP contribution in [0.15, 0.2) is 36.7 Å². The standard InChI is InChI=1S/C24H24F4N4O2S/c1-13-9-15(11-17(10-13)31-22-29-8-7-19(32-22)24(26,27)28)18-12-30-21(35-18)23(2,25)16-5-3-14(4-6-16)20(33)34/h7-12,14,16H,3-6H2,1-2H3,(H,33,34)(H,29,31,32)/t14-,16-,23?. The molecule has 6 nitrogen and oxygen atoms in total. The number of aryl methyl sites for hydroxylation is 1. The molecule has 0 radical (unpaired) electrons. The number of benzene rings is 1. The Bertz CT molecular complexity index is 1220. The molecular formula is C24H24F4N4O2S. The Balaban J connectivity index is 1.54. The number of halogens is 4. The number of carboxylic acids is 1. The van der Waals surface area contributed by atoms with Crippen LogP contribution < -0.4 is 5.32 Å². The SMILES string of the molecule is Cc1cc(Nc2nccc(C(F)(F)F)n2)cc(-c2cnc(C(C)(F)[C@H]3CC[C@H](C(=O)O)CC3)s2)c1. The molecule has 0 spiro atoms. The van der Waals surface area contributed by atoms with Gasteiger partial charge >= 0.3 is 12.1 Å². The summed E-state index contributed by atoms with van der Waals surface area (Å²) in [6, 6.07) is 6.15. The Morgan fingerprint density at radius 1 is 1.11 bits per heavy atom. The third kappa shape index (κ3) is 5.61. The lowest BCUT2D eigenvalue weighted by molar-refractivity contribution is -0.143. The number of thiazole rings is 1. The first kappa shape index (κ1) is 25.0. The minimum Gasteiger partial charge on any atom is -0.481 e. The van der Waals surface area contributed by atoms with E-state index < -0.39 is 29.4 Å². The predicted octanol–water partition coefficient (Wildman–Crippen LogP) is 6.75. The van der Waals surface area contributed by atoms with Crippen LogP contribution in [0, 0.1) is 18.8 Å². The maximum atomic E-state index is 15.8. The molecule has 2 N–H and O–H groups in total. The number of rotatable bonds is 6. The average Bonchev–Trinajstić information content (AvgIpc) is 3.30. The van der Waals surface area contributed by atoms with Crippen LogP contribution in [-0.4, -0.2) is 26.0 Å². The van der Waals surface area contributed by atoms with Crippen molar-refractivity contribution < 1.29 is 27.5 Å². The highest BCUT2D eigenvalue weighted by Gasteiger charge is 2.42. The van der Waals surface area contributed by atoms with E-state index in [4.69, 9.17) is 0 Å². The number of aliphatic carboxylic acids is 1. The molecule has 186 valence electrons. The van der Waals surface area contributed by atoms with Crippen molar-refractivity contribution in [2.24, 2.45) is 11.8 Å². The molecule has 1 fully saturated rings. The first-order chi connectivity index (χ1) is 16.4. The number of nitrogens with zero attached hydrogens (tertiary/aromatic N) is 3. The average molecular weight is 509 g/mol. The van der Waals surface area contributed by atoms with Gasteiger partial charge in [-0.05, 0) is 74.8 Å². The highest BCUT2D eigenvalue weighted by molar-refractivity contribution is 7.15. The summed E-state index contributed by atoms with van der Waals surface area (Å²) in [4.78, 5) is 23.6. The molecule has 1 aliphatic rings. The number of carbonyl (C=O) groups is 1. The summed E-state index contributed by atoms with van der Waals surface area (Å²) >= 11 is 1.21. The summed E-state index contributed by atoms with van der Waals surface area (Å²) in [7, 11) is 0. The van der Waals surface area contributed by atoms with Gasteiger partial charge in [-0.1, -0.05) is 6.07 Å². The van der Waals surface area contributed by atoms with Gasteiger partial charge in [-0.25, -0.2) is 19.3 Å². The van der Waals surface area contributed by atoms with Crippen molar-refractivity contribution in [2.75, 3.05) is 5.32 Å². The largest absolute Gasteiger partial charge is 0.481 e. The lowest BCUT2D eigenvalue weighted by Gasteiger charge is -2.33. The van der Waals surface area contributed by atoms with Crippen LogP contribution in [0.5, 0.6) is 0 Å². The molecule has 1 aliphatic carbocycles. The van der Waals surface area contributed by atoms with E-state index in [0.29, 0.717) is 41.3 Å². The van der Waals surface area contributed by atoms with E-state index >= 15 is 4.39 Å². The Hall–Kier alpha value is -3.08. The summed E-state index contributed by atoms with van der Waals surface area (Å²) in [5.74, 6) is -1.76. The van der Waals surface area contributed by atoms with Crippen LogP contribution in [0.4, 0.5) is 29.2 Å². The van der Waals surface area contributed by atoms with Gasteiger partial charge in [-0.3, -0.25) is 4.79 Å². The number of carboxylic acid groups (broad SMARTS) is 1. The second-order valence-corrected chi connectivity index (χ2v) is 10.00. The van der Waals surface area contributed by atoms with Gasteiger partial charge in [0.25, 0.3) is 0 Å². The van der Waals surface area contributed by atoms with E-state index in [1.165, 1.54) is 18.3 Å². The number of aromatic nitrogens is 3. The first-order valence-corrected chi connectivity index (χ1v) is 11.9. The Morgan fingerprint density at radius 2 is 1.83 bits per heavy atom. The second-order valence-electron chi connectivity index (χ2n) is 8.97. The molecule has 0 aliphatic heterocycles. The fraction of sp³-hybridized carbons (Fsp3) is 0.417. The Labute approximate surface area is 203 Å². The molecule has 35 heavy (non-hydrogen) atoms. The molecule has 0 saturated heterocycles. The Kier molecular flexibility index (Phi) is 6.81. The lowest BCUT2D eigenvalue weighted by Crippen LogP contribution is -2.32. The van der Waals surface area contributed by atoms with Crippen molar-refractivity contribution >= 4 is 28.9 Å². The summed E-state index contributed by atoms with van der Waals surface area (Å²) in [5, 5.41) is 12.3. The van der Waals surface area contributed by atoms with Crippen molar-refractivity contribution in [3.63, 3.8) is 0 Å². The van der Waals surface area contributed by atoms with Gasteiger partial charge in [0.1, 0.15) is 10.7 Å². The monoisotopic (exact) mass is 508 g/mol. The molecular weight excluding hydrogens is 484 g/mol. The van der Waals surface area contributed by atoms with Gasteiger partial charge in [0.05, 0.1) is 10.8 Å². The van der Waals surface area contributed by atoms with Crippen LogP contribution in [0.1, 0.15) is 48.9 Å². The maximum absolute atomic E-state index is 15.8. The summed E-state index contributed by atoms with van der Waals surface area (Å²) in [6.45, 7) is 3.33. The highest BCUT2D eigenvalue weighted by atomic mass is 32.1. The number of anilines is 2. The van der Waals surface area contributed by atoms with Gasteiger partial charge in [0, 0.05) is 18.1 Å². The topological polar surface area (TPSA) is 88.0 Å². The van der Waals surface area contributed by atoms with E-state index in [0.717, 1.165) is 23.4 Å². The third-order valence-corrected chi connectivity index (χ3v) is 7.59. The van der Waals surface area contributed by atoms with Gasteiger partial charge in [-0.2, -0.15) is 13.2 Å². The molecule has 1 aromatic carbocycles. The Morgan fingerprint density at radius 3 is 2.49 bits per heavy atom. The van der Waals surface area contributed by atoms with Gasteiger partial charge < -0.3 is 10.4 Å². The molecule has 3 aromatic rings. The molecule has 1 saturated carbocycles. The van der Waals surface area contributed by atoms with Crippen molar-refractivity contribution in [1.29, 1.82) is 0 Å². The highest BCUT2D eigenvalue weighted by Crippen LogP contribution is 2.46. The molecule has 1 unspecified atom stereocenters. The van der Waals surface area contributed by atoms with Crippen molar-refractivity contribution in [1.82, 2.24) is 15.0 Å². The van der Waals surface area contributed by atoms with Crippen molar-refractivity contribution in [3.05, 3.63) is 52.9 Å². The molecule has 2 aromatic heterocycles. The maximum Gasteiger partial charge on any atom is 0.433 e. The zero-order valence-electron chi connectivity index (χ0n) is 19.1. The van der Waals surface area contributed by atoms with Crippen LogP contribution in [0.25, 0.3) is 10.4 Å². The molecule has 4 rings (SSSR count). The van der Waals surface area contributed by atoms with E-state index in [2.05, 4.69) is 20.3 Å². The zero-order valence-corrected chi connectivity index (χ0v) is 19.9. The minimum absolute atomic E-state index is 0.185. The summed E-state index contributed by atoms with van der Waals surface area (Å²) < 4.78 is 54.7. The molecule has 2 heterocycles. The molecule has 0 amide bonds. The van der Waals surface area contributed by atoms with Crippen LogP contribution in [0.2, 0.25) is 0 Å². The van der Waals surface area contributed by atoms with Crippen molar-refractivity contribution in [2.45, 2.75) is 51.4 Å². The van der Waals surface area contributed by atoms with Crippen LogP contribution >= 0.6 is 11.3 Å². The quantitative estimate of drug-likeness (QED) is 0.358. The fourth-order valence-electron chi connectivity index (χ4n) is 4.39. The number of hydrogen-bond acceptors (Lipinski definition) is 6. The van der Waals surface area contributed by atoms with E-state index in [-0.39, 0.29) is 11.9 Å². The number of nitrogens with one attached hydrogen (secondary N) is 1. The molecule has 0 bridgehead atoms. The van der Waals surface area contributed by atoms with E-state index in [1.807, 2.05) is 13.0 Å². The number of hydrogen-bond donors (Lipinski definition) is 2.